The summed E-state index contributed by atoms with van der Waals surface area (Å²) in [6.07, 6.45) is 1.92. The molecule has 0 radical (unpaired) electrons. The van der Waals surface area contributed by atoms with Gasteiger partial charge in [0.15, 0.2) is 0 Å². The Morgan fingerprint density at radius 2 is 1.79 bits per heavy atom. The lowest BCUT2D eigenvalue weighted by atomic mass is 9.95. The normalized spacial score (nSPS) is 14.7. The third kappa shape index (κ3) is 6.88. The number of aryl methyl sites for hydroxylation is 1. The van der Waals surface area contributed by atoms with E-state index in [0.29, 0.717) is 50.2 Å². The monoisotopic (exact) mass is 487 g/mol. The quantitative estimate of drug-likeness (QED) is 0.501. The van der Waals surface area contributed by atoms with Crippen molar-refractivity contribution in [3.05, 3.63) is 65.2 Å². The van der Waals surface area contributed by atoms with Gasteiger partial charge in [0.1, 0.15) is 0 Å². The molecule has 8 nitrogen and oxygen atoms in total. The van der Waals surface area contributed by atoms with Crippen molar-refractivity contribution in [2.75, 3.05) is 33.4 Å². The Kier molecular flexibility index (Phi) is 9.20. The lowest BCUT2D eigenvalue weighted by molar-refractivity contribution is -0.126. The number of piperidine rings is 1. The van der Waals surface area contributed by atoms with Gasteiger partial charge in [0.2, 0.25) is 15.9 Å². The highest BCUT2D eigenvalue weighted by atomic mass is 32.2. The van der Waals surface area contributed by atoms with Crippen LogP contribution in [0.4, 0.5) is 0 Å². The van der Waals surface area contributed by atoms with Crippen LogP contribution in [0.1, 0.15) is 40.7 Å². The minimum Gasteiger partial charge on any atom is -0.385 e. The first-order valence-electron chi connectivity index (χ1n) is 11.5. The number of likely N-dealkylation sites (tertiary alicyclic amines) is 1. The number of amides is 2. The van der Waals surface area contributed by atoms with E-state index in [4.69, 9.17) is 4.74 Å². The molecule has 2 amide bonds. The second-order valence-corrected chi connectivity index (χ2v) is 10.2. The third-order valence-electron chi connectivity index (χ3n) is 6.01. The molecule has 34 heavy (non-hydrogen) atoms. The molecule has 1 aliphatic rings. The Balaban J connectivity index is 1.61. The van der Waals surface area contributed by atoms with Crippen molar-refractivity contribution in [3.8, 4) is 0 Å². The molecular formula is C25H33N3O5S. The average Bonchev–Trinajstić information content (AvgIpc) is 2.86. The molecule has 0 unspecified atom stereocenters. The standard InChI is InChI=1S/C25H33N3O5S/c1-19-9-10-22(17-23(19)34(31,32)27-18-20-7-4-3-5-8-20)25(30)28-14-11-21(12-15-28)24(29)26-13-6-16-33-2/h3-5,7-10,17,21,27H,6,11-16,18H2,1-2H3,(H,26,29). The smallest absolute Gasteiger partial charge is 0.253 e. The first kappa shape index (κ1) is 25.9. The highest BCUT2D eigenvalue weighted by Gasteiger charge is 2.28. The van der Waals surface area contributed by atoms with Crippen LogP contribution in [0.3, 0.4) is 0 Å². The van der Waals surface area contributed by atoms with Crippen molar-refractivity contribution in [2.45, 2.75) is 37.6 Å². The molecule has 2 N–H and O–H groups in total. The van der Waals surface area contributed by atoms with Gasteiger partial charge in [-0.25, -0.2) is 13.1 Å². The van der Waals surface area contributed by atoms with E-state index in [0.717, 1.165) is 12.0 Å². The topological polar surface area (TPSA) is 105 Å². The number of hydrogen-bond acceptors (Lipinski definition) is 5. The van der Waals surface area contributed by atoms with Gasteiger partial charge < -0.3 is 15.0 Å². The molecule has 184 valence electrons. The summed E-state index contributed by atoms with van der Waals surface area (Å²) in [7, 11) is -2.16. The summed E-state index contributed by atoms with van der Waals surface area (Å²) in [6, 6.07) is 14.0. The summed E-state index contributed by atoms with van der Waals surface area (Å²) in [6.45, 7) is 3.96. The Morgan fingerprint density at radius 3 is 2.47 bits per heavy atom. The molecule has 9 heteroatoms. The van der Waals surface area contributed by atoms with E-state index in [1.54, 1.807) is 31.1 Å². The fourth-order valence-corrected chi connectivity index (χ4v) is 5.26. The van der Waals surface area contributed by atoms with Crippen LogP contribution in [0.5, 0.6) is 0 Å². The van der Waals surface area contributed by atoms with Crippen LogP contribution in [0.2, 0.25) is 0 Å². The molecular weight excluding hydrogens is 454 g/mol. The molecule has 2 aromatic rings. The number of nitrogens with one attached hydrogen (secondary N) is 2. The first-order valence-corrected chi connectivity index (χ1v) is 13.0. The van der Waals surface area contributed by atoms with Gasteiger partial charge in [0.05, 0.1) is 4.90 Å². The van der Waals surface area contributed by atoms with Gasteiger partial charge in [-0.15, -0.1) is 0 Å². The van der Waals surface area contributed by atoms with Crippen LogP contribution in [0.25, 0.3) is 0 Å². The van der Waals surface area contributed by atoms with Crippen molar-refractivity contribution in [2.24, 2.45) is 5.92 Å². The minimum absolute atomic E-state index is 0.0106. The lowest BCUT2D eigenvalue weighted by Gasteiger charge is -2.31. The molecule has 0 aromatic heterocycles. The van der Waals surface area contributed by atoms with Crippen molar-refractivity contribution < 1.29 is 22.7 Å². The van der Waals surface area contributed by atoms with E-state index in [-0.39, 0.29) is 29.2 Å². The first-order chi connectivity index (χ1) is 16.3. The van der Waals surface area contributed by atoms with E-state index in [9.17, 15) is 18.0 Å². The van der Waals surface area contributed by atoms with Gasteiger partial charge in [-0.1, -0.05) is 36.4 Å². The number of ether oxygens (including phenoxy) is 1. The molecule has 1 heterocycles. The molecule has 0 saturated carbocycles. The van der Waals surface area contributed by atoms with Gasteiger partial charge in [-0.05, 0) is 49.4 Å². The van der Waals surface area contributed by atoms with E-state index in [1.807, 2.05) is 30.3 Å². The number of nitrogens with zero attached hydrogens (tertiary/aromatic N) is 1. The van der Waals surface area contributed by atoms with Crippen molar-refractivity contribution in [1.82, 2.24) is 14.9 Å². The Labute approximate surface area is 201 Å². The Bertz CT molecular complexity index is 1080. The molecule has 1 aliphatic heterocycles. The molecule has 1 saturated heterocycles. The number of hydrogen-bond donors (Lipinski definition) is 2. The molecule has 0 bridgehead atoms. The van der Waals surface area contributed by atoms with E-state index in [2.05, 4.69) is 10.0 Å². The predicted octanol–water partition coefficient (Wildman–Crippen LogP) is 2.48. The summed E-state index contributed by atoms with van der Waals surface area (Å²) < 4.78 is 33.5. The largest absolute Gasteiger partial charge is 0.385 e. The molecule has 3 rings (SSSR count). The number of sulfonamides is 1. The maximum Gasteiger partial charge on any atom is 0.253 e. The zero-order valence-corrected chi connectivity index (χ0v) is 20.6. The van der Waals surface area contributed by atoms with Crippen LogP contribution in [0.15, 0.2) is 53.4 Å². The number of methoxy groups -OCH3 is 1. The van der Waals surface area contributed by atoms with Gasteiger partial charge in [-0.2, -0.15) is 0 Å². The van der Waals surface area contributed by atoms with Crippen molar-refractivity contribution in [3.63, 3.8) is 0 Å². The van der Waals surface area contributed by atoms with Crippen LogP contribution in [-0.2, 0) is 26.1 Å². The molecule has 0 aliphatic carbocycles. The number of carbonyl (C=O) groups is 2. The van der Waals surface area contributed by atoms with E-state index >= 15 is 0 Å². The summed E-state index contributed by atoms with van der Waals surface area (Å²) in [5, 5.41) is 2.92. The zero-order valence-electron chi connectivity index (χ0n) is 19.7. The lowest BCUT2D eigenvalue weighted by Crippen LogP contribution is -2.43. The maximum atomic E-state index is 13.1. The summed E-state index contributed by atoms with van der Waals surface area (Å²) in [5.74, 6) is -0.336. The van der Waals surface area contributed by atoms with Crippen LogP contribution < -0.4 is 10.0 Å². The Hall–Kier alpha value is -2.75. The second-order valence-electron chi connectivity index (χ2n) is 8.49. The molecule has 0 spiro atoms. The van der Waals surface area contributed by atoms with E-state index < -0.39 is 10.0 Å². The molecule has 0 atom stereocenters. The van der Waals surface area contributed by atoms with Gasteiger partial charge in [0, 0.05) is 51.4 Å². The summed E-state index contributed by atoms with van der Waals surface area (Å²) in [5.41, 5.74) is 1.75. The van der Waals surface area contributed by atoms with Crippen LogP contribution in [-0.4, -0.2) is 58.5 Å². The van der Waals surface area contributed by atoms with Crippen molar-refractivity contribution in [1.29, 1.82) is 0 Å². The zero-order chi connectivity index (χ0) is 24.6. The third-order valence-corrected chi connectivity index (χ3v) is 7.55. The predicted molar refractivity (Wildman–Crippen MR) is 130 cm³/mol. The van der Waals surface area contributed by atoms with Crippen molar-refractivity contribution >= 4 is 21.8 Å². The fraction of sp³-hybridized carbons (Fsp3) is 0.440. The highest BCUT2D eigenvalue weighted by Crippen LogP contribution is 2.22. The fourth-order valence-electron chi connectivity index (χ4n) is 3.97. The number of rotatable bonds is 10. The second kappa shape index (κ2) is 12.1. The van der Waals surface area contributed by atoms with Gasteiger partial charge in [0.25, 0.3) is 5.91 Å². The summed E-state index contributed by atoms with van der Waals surface area (Å²) >= 11 is 0. The number of carbonyl (C=O) groups excluding carboxylic acids is 2. The molecule has 2 aromatic carbocycles. The van der Waals surface area contributed by atoms with Gasteiger partial charge in [-0.3, -0.25) is 9.59 Å². The average molecular weight is 488 g/mol. The van der Waals surface area contributed by atoms with Crippen LogP contribution in [0, 0.1) is 12.8 Å². The SMILES string of the molecule is COCCCNC(=O)C1CCN(C(=O)c2ccc(C)c(S(=O)(=O)NCc3ccccc3)c2)CC1. The number of benzene rings is 2. The Morgan fingerprint density at radius 1 is 1.09 bits per heavy atom. The van der Waals surface area contributed by atoms with Crippen LogP contribution >= 0.6 is 0 Å². The maximum absolute atomic E-state index is 13.1. The highest BCUT2D eigenvalue weighted by molar-refractivity contribution is 7.89. The van der Waals surface area contributed by atoms with Gasteiger partial charge >= 0.3 is 0 Å². The molecule has 1 fully saturated rings. The summed E-state index contributed by atoms with van der Waals surface area (Å²) in [4.78, 5) is 27.2. The van der Waals surface area contributed by atoms with E-state index in [1.165, 1.54) is 6.07 Å². The minimum atomic E-state index is -3.79.